The lowest BCUT2D eigenvalue weighted by molar-refractivity contribution is -0.192. The molecule has 1 atom stereocenters. The Hall–Kier alpha value is -2.30. The molecule has 3 rings (SSSR count). The number of rotatable bonds is 0. The molecule has 0 saturated carbocycles. The number of carbonyl (C=O) groups excluding carboxylic acids is 1. The molecule has 2 aliphatic heterocycles. The minimum absolute atomic E-state index is 0.0303. The maximum absolute atomic E-state index is 13.0. The number of fused-ring (bicyclic) bond motifs is 2. The Balaban J connectivity index is 0.000000298. The minimum Gasteiger partial charge on any atom is -0.475 e. The Morgan fingerprint density at radius 1 is 1.19 bits per heavy atom. The first kappa shape index (κ1) is 20.0. The third kappa shape index (κ3) is 4.26. The summed E-state index contributed by atoms with van der Waals surface area (Å²) in [5, 5.41) is 10.3. The van der Waals surface area contributed by atoms with Crippen molar-refractivity contribution in [1.82, 2.24) is 10.2 Å². The van der Waals surface area contributed by atoms with Gasteiger partial charge in [-0.05, 0) is 18.1 Å². The molecule has 1 aromatic carbocycles. The van der Waals surface area contributed by atoms with Gasteiger partial charge in [0.1, 0.15) is 0 Å². The van der Waals surface area contributed by atoms with Crippen LogP contribution >= 0.6 is 0 Å². The van der Waals surface area contributed by atoms with Gasteiger partial charge in [-0.1, -0.05) is 12.1 Å². The second kappa shape index (κ2) is 7.14. The van der Waals surface area contributed by atoms with Crippen molar-refractivity contribution in [1.29, 1.82) is 0 Å². The highest BCUT2D eigenvalue weighted by Crippen LogP contribution is 2.36. The van der Waals surface area contributed by atoms with Crippen molar-refractivity contribution in [3.05, 3.63) is 34.9 Å². The monoisotopic (exact) mass is 384 g/mol. The minimum atomic E-state index is -5.08. The molecule has 0 aromatic heterocycles. The third-order valence-electron chi connectivity index (χ3n) is 3.98. The molecule has 11 heteroatoms. The Morgan fingerprint density at radius 3 is 2.35 bits per heavy atom. The highest BCUT2D eigenvalue weighted by atomic mass is 19.4. The number of carboxylic acid groups (broad SMARTS) is 1. The highest BCUT2D eigenvalue weighted by molar-refractivity contribution is 5.98. The van der Waals surface area contributed by atoms with Gasteiger partial charge in [-0.2, -0.15) is 26.3 Å². The van der Waals surface area contributed by atoms with E-state index in [1.54, 1.807) is 11.0 Å². The number of carbonyl (C=O) groups is 2. The van der Waals surface area contributed by atoms with Crippen molar-refractivity contribution < 1.29 is 41.0 Å². The second-order valence-electron chi connectivity index (χ2n) is 5.70. The molecule has 1 saturated heterocycles. The van der Waals surface area contributed by atoms with Crippen molar-refractivity contribution in [2.75, 3.05) is 19.6 Å². The lowest BCUT2D eigenvalue weighted by atomic mass is 9.89. The van der Waals surface area contributed by atoms with Gasteiger partial charge in [0.15, 0.2) is 0 Å². The van der Waals surface area contributed by atoms with Crippen molar-refractivity contribution in [3.8, 4) is 0 Å². The fourth-order valence-electron chi connectivity index (χ4n) is 2.87. The molecule has 144 valence electrons. The van der Waals surface area contributed by atoms with E-state index in [1.807, 2.05) is 0 Å². The van der Waals surface area contributed by atoms with Gasteiger partial charge in [-0.3, -0.25) is 4.79 Å². The average Bonchev–Trinajstić information content (AvgIpc) is 2.53. The molecule has 2 aliphatic rings. The quantitative estimate of drug-likeness (QED) is 0.674. The number of carboxylic acids is 1. The molecular formula is C15H14F6N2O3. The van der Waals surface area contributed by atoms with E-state index in [0.717, 1.165) is 6.07 Å². The van der Waals surface area contributed by atoms with Crippen molar-refractivity contribution in [2.45, 2.75) is 24.8 Å². The highest BCUT2D eigenvalue weighted by Gasteiger charge is 2.42. The Bertz CT molecular complexity index is 702. The number of nitrogens with zero attached hydrogens (tertiary/aromatic N) is 1. The predicted octanol–water partition coefficient (Wildman–Crippen LogP) is 2.31. The summed E-state index contributed by atoms with van der Waals surface area (Å²) in [4.78, 5) is 22.8. The number of piperazine rings is 1. The molecule has 0 radical (unpaired) electrons. The van der Waals surface area contributed by atoms with Gasteiger partial charge in [0.25, 0.3) is 5.91 Å². The van der Waals surface area contributed by atoms with Crippen LogP contribution in [0.2, 0.25) is 0 Å². The number of hydrogen-bond acceptors (Lipinski definition) is 3. The van der Waals surface area contributed by atoms with Crippen molar-refractivity contribution in [2.24, 2.45) is 0 Å². The zero-order valence-electron chi connectivity index (χ0n) is 13.1. The SMILES string of the molecule is O=C(O)C(F)(F)F.O=C1c2c(cccc2C(F)(F)F)C[C@@H]2CNCCN12. The average molecular weight is 384 g/mol. The van der Waals surface area contributed by atoms with E-state index in [-0.39, 0.29) is 11.6 Å². The van der Waals surface area contributed by atoms with Crippen LogP contribution in [0, 0.1) is 0 Å². The van der Waals surface area contributed by atoms with Gasteiger partial charge >= 0.3 is 18.3 Å². The van der Waals surface area contributed by atoms with Crippen LogP contribution in [-0.4, -0.2) is 53.7 Å². The Labute approximate surface area is 143 Å². The zero-order valence-corrected chi connectivity index (χ0v) is 13.1. The van der Waals surface area contributed by atoms with E-state index in [2.05, 4.69) is 5.32 Å². The van der Waals surface area contributed by atoms with E-state index in [4.69, 9.17) is 9.90 Å². The standard InChI is InChI=1S/C13H13F3N2O.C2HF3O2/c14-13(15,16)10-3-1-2-8-6-9-7-17-4-5-18(9)12(19)11(8)10;3-2(4,5)1(6)7/h1-3,9,17H,4-7H2;(H,6,7)/t9-;/m1./s1. The van der Waals surface area contributed by atoms with Crippen LogP contribution in [0.5, 0.6) is 0 Å². The van der Waals surface area contributed by atoms with Gasteiger partial charge in [0.2, 0.25) is 0 Å². The van der Waals surface area contributed by atoms with Gasteiger partial charge in [0, 0.05) is 25.7 Å². The first-order chi connectivity index (χ1) is 11.9. The van der Waals surface area contributed by atoms with Crippen LogP contribution in [0.25, 0.3) is 0 Å². The summed E-state index contributed by atoms with van der Waals surface area (Å²) in [5.74, 6) is -3.24. The fourth-order valence-corrected chi connectivity index (χ4v) is 2.87. The number of alkyl halides is 6. The van der Waals surface area contributed by atoms with Gasteiger partial charge < -0.3 is 15.3 Å². The number of hydrogen-bond donors (Lipinski definition) is 2. The molecule has 1 amide bonds. The summed E-state index contributed by atoms with van der Waals surface area (Å²) in [6, 6.07) is 3.95. The van der Waals surface area contributed by atoms with Crippen LogP contribution in [0.3, 0.4) is 0 Å². The summed E-state index contributed by atoms with van der Waals surface area (Å²) < 4.78 is 70.7. The number of halogens is 6. The van der Waals surface area contributed by atoms with Gasteiger partial charge in [-0.15, -0.1) is 0 Å². The van der Waals surface area contributed by atoms with E-state index < -0.39 is 29.8 Å². The van der Waals surface area contributed by atoms with Crippen LogP contribution in [-0.2, 0) is 17.4 Å². The number of nitrogens with one attached hydrogen (secondary N) is 1. The van der Waals surface area contributed by atoms with E-state index in [0.29, 0.717) is 31.6 Å². The molecule has 26 heavy (non-hydrogen) atoms. The second-order valence-corrected chi connectivity index (χ2v) is 5.70. The smallest absolute Gasteiger partial charge is 0.475 e. The lowest BCUT2D eigenvalue weighted by Crippen LogP contribution is -2.57. The van der Waals surface area contributed by atoms with Crippen LogP contribution in [0.1, 0.15) is 21.5 Å². The predicted molar refractivity (Wildman–Crippen MR) is 76.5 cm³/mol. The summed E-state index contributed by atoms with van der Waals surface area (Å²) in [6.45, 7) is 1.74. The zero-order chi connectivity index (χ0) is 19.7. The summed E-state index contributed by atoms with van der Waals surface area (Å²) >= 11 is 0. The lowest BCUT2D eigenvalue weighted by Gasteiger charge is -2.40. The summed E-state index contributed by atoms with van der Waals surface area (Å²) in [5.41, 5.74) is -0.468. The third-order valence-corrected chi connectivity index (χ3v) is 3.98. The van der Waals surface area contributed by atoms with E-state index in [1.165, 1.54) is 6.07 Å². The maximum atomic E-state index is 13.0. The van der Waals surface area contributed by atoms with E-state index in [9.17, 15) is 31.1 Å². The van der Waals surface area contributed by atoms with Crippen molar-refractivity contribution >= 4 is 11.9 Å². The maximum Gasteiger partial charge on any atom is 0.490 e. The Kier molecular flexibility index (Phi) is 5.49. The molecule has 0 unspecified atom stereocenters. The first-order valence-electron chi connectivity index (χ1n) is 7.43. The molecular weight excluding hydrogens is 370 g/mol. The Morgan fingerprint density at radius 2 is 1.81 bits per heavy atom. The molecule has 0 aliphatic carbocycles. The van der Waals surface area contributed by atoms with Gasteiger partial charge in [-0.25, -0.2) is 4.79 Å². The van der Waals surface area contributed by atoms with Crippen LogP contribution in [0.15, 0.2) is 18.2 Å². The molecule has 2 heterocycles. The summed E-state index contributed by atoms with van der Waals surface area (Å²) in [7, 11) is 0. The van der Waals surface area contributed by atoms with Gasteiger partial charge in [0.05, 0.1) is 11.1 Å². The van der Waals surface area contributed by atoms with Crippen molar-refractivity contribution in [3.63, 3.8) is 0 Å². The summed E-state index contributed by atoms with van der Waals surface area (Å²) in [6.07, 6.45) is -9.08. The van der Waals surface area contributed by atoms with Crippen LogP contribution < -0.4 is 5.32 Å². The molecule has 0 bridgehead atoms. The molecule has 1 fully saturated rings. The first-order valence-corrected chi connectivity index (χ1v) is 7.43. The molecule has 5 nitrogen and oxygen atoms in total. The van der Waals surface area contributed by atoms with Crippen LogP contribution in [0.4, 0.5) is 26.3 Å². The topological polar surface area (TPSA) is 69.6 Å². The molecule has 2 N–H and O–H groups in total. The van der Waals surface area contributed by atoms with E-state index >= 15 is 0 Å². The number of benzene rings is 1. The molecule has 0 spiro atoms. The largest absolute Gasteiger partial charge is 0.490 e. The number of amides is 1. The normalized spacial score (nSPS) is 19.8. The molecule has 1 aromatic rings. The fraction of sp³-hybridized carbons (Fsp3) is 0.467. The number of aliphatic carboxylic acids is 1.